The molecule has 3 nitrogen and oxygen atoms in total. The van der Waals surface area contributed by atoms with Crippen LogP contribution in [0.1, 0.15) is 6.92 Å². The van der Waals surface area contributed by atoms with E-state index < -0.39 is 0 Å². The minimum atomic E-state index is -0.0158. The van der Waals surface area contributed by atoms with Crippen molar-refractivity contribution in [3.05, 3.63) is 18.6 Å². The van der Waals surface area contributed by atoms with Gasteiger partial charge in [0, 0.05) is 11.9 Å². The third kappa shape index (κ3) is 3.19. The van der Waals surface area contributed by atoms with E-state index >= 15 is 0 Å². The SMILES string of the molecule is CC(C[O])CSc1ccncn1. The van der Waals surface area contributed by atoms with Gasteiger partial charge in [-0.3, -0.25) is 0 Å². The molecule has 1 heterocycles. The van der Waals surface area contributed by atoms with Gasteiger partial charge < -0.3 is 0 Å². The molecule has 0 aliphatic rings. The van der Waals surface area contributed by atoms with Crippen LogP contribution in [0.5, 0.6) is 0 Å². The number of thioether (sulfide) groups is 1. The minimum absolute atomic E-state index is 0.0158. The molecule has 0 aliphatic carbocycles. The van der Waals surface area contributed by atoms with Crippen molar-refractivity contribution in [2.24, 2.45) is 5.92 Å². The summed E-state index contributed by atoms with van der Waals surface area (Å²) < 4.78 is 0. The molecule has 0 aromatic carbocycles. The van der Waals surface area contributed by atoms with Gasteiger partial charge in [-0.15, -0.1) is 11.8 Å². The van der Waals surface area contributed by atoms with Crippen LogP contribution in [0.2, 0.25) is 0 Å². The van der Waals surface area contributed by atoms with E-state index in [9.17, 15) is 5.11 Å². The molecule has 1 unspecified atom stereocenters. The summed E-state index contributed by atoms with van der Waals surface area (Å²) in [5.41, 5.74) is 0. The van der Waals surface area contributed by atoms with Crippen LogP contribution in [0.25, 0.3) is 0 Å². The summed E-state index contributed by atoms with van der Waals surface area (Å²) in [6.45, 7) is 1.93. The monoisotopic (exact) mass is 183 g/mol. The van der Waals surface area contributed by atoms with Crippen LogP contribution in [0.3, 0.4) is 0 Å². The molecule has 1 radical (unpaired) electrons. The van der Waals surface area contributed by atoms with Crippen LogP contribution in [0, 0.1) is 5.92 Å². The lowest BCUT2D eigenvalue weighted by Crippen LogP contribution is -2.02. The Labute approximate surface area is 76.2 Å². The molecule has 1 atom stereocenters. The average molecular weight is 183 g/mol. The van der Waals surface area contributed by atoms with Crippen molar-refractivity contribution in [3.8, 4) is 0 Å². The number of hydrogen-bond acceptors (Lipinski definition) is 3. The summed E-state index contributed by atoms with van der Waals surface area (Å²) in [6, 6.07) is 1.85. The van der Waals surface area contributed by atoms with Crippen molar-refractivity contribution in [1.82, 2.24) is 9.97 Å². The molecule has 65 valence electrons. The summed E-state index contributed by atoms with van der Waals surface area (Å²) in [7, 11) is 0. The first-order valence-corrected chi connectivity index (χ1v) is 4.78. The number of aromatic nitrogens is 2. The summed E-state index contributed by atoms with van der Waals surface area (Å²) >= 11 is 1.60. The van der Waals surface area contributed by atoms with E-state index in [2.05, 4.69) is 9.97 Å². The first kappa shape index (κ1) is 9.48. The van der Waals surface area contributed by atoms with Crippen LogP contribution in [0.4, 0.5) is 0 Å². The normalized spacial score (nSPS) is 12.8. The van der Waals surface area contributed by atoms with Gasteiger partial charge in [0.15, 0.2) is 0 Å². The zero-order chi connectivity index (χ0) is 8.81. The van der Waals surface area contributed by atoms with Crippen molar-refractivity contribution < 1.29 is 5.11 Å². The van der Waals surface area contributed by atoms with Gasteiger partial charge in [-0.25, -0.2) is 15.1 Å². The van der Waals surface area contributed by atoms with Gasteiger partial charge in [-0.2, -0.15) is 0 Å². The maximum Gasteiger partial charge on any atom is 0.116 e. The van der Waals surface area contributed by atoms with E-state index in [4.69, 9.17) is 0 Å². The fourth-order valence-electron chi connectivity index (χ4n) is 0.640. The predicted molar refractivity (Wildman–Crippen MR) is 47.5 cm³/mol. The zero-order valence-electron chi connectivity index (χ0n) is 6.93. The summed E-state index contributed by atoms with van der Waals surface area (Å²) in [6.07, 6.45) is 3.22. The number of hydrogen-bond donors (Lipinski definition) is 0. The van der Waals surface area contributed by atoms with Crippen molar-refractivity contribution in [2.75, 3.05) is 12.4 Å². The summed E-state index contributed by atoms with van der Waals surface area (Å²) in [5.74, 6) is 1.05. The highest BCUT2D eigenvalue weighted by molar-refractivity contribution is 7.99. The highest BCUT2D eigenvalue weighted by Crippen LogP contribution is 2.16. The first-order chi connectivity index (χ1) is 5.83. The lowest BCUT2D eigenvalue weighted by Gasteiger charge is -2.04. The second-order valence-electron chi connectivity index (χ2n) is 2.63. The third-order valence-corrected chi connectivity index (χ3v) is 2.63. The standard InChI is InChI=1S/C8H11N2OS/c1-7(4-11)5-12-8-2-3-9-6-10-8/h2-3,6-7H,4-5H2,1H3. The Morgan fingerprint density at radius 3 is 3.08 bits per heavy atom. The predicted octanol–water partition coefficient (Wildman–Crippen LogP) is 1.64. The highest BCUT2D eigenvalue weighted by atomic mass is 32.2. The Morgan fingerprint density at radius 1 is 1.67 bits per heavy atom. The van der Waals surface area contributed by atoms with Crippen molar-refractivity contribution >= 4 is 11.8 Å². The molecule has 0 N–H and O–H groups in total. The smallest absolute Gasteiger partial charge is 0.116 e. The second-order valence-corrected chi connectivity index (χ2v) is 3.67. The quantitative estimate of drug-likeness (QED) is 0.526. The van der Waals surface area contributed by atoms with E-state index in [0.717, 1.165) is 10.8 Å². The Bertz CT molecular complexity index is 218. The molecule has 12 heavy (non-hydrogen) atoms. The zero-order valence-corrected chi connectivity index (χ0v) is 7.75. The van der Waals surface area contributed by atoms with Gasteiger partial charge >= 0.3 is 0 Å². The Hall–Kier alpha value is -0.610. The molecule has 0 amide bonds. The van der Waals surface area contributed by atoms with Gasteiger partial charge in [-0.05, 0) is 12.0 Å². The van der Waals surface area contributed by atoms with Crippen LogP contribution in [-0.2, 0) is 5.11 Å². The Balaban J connectivity index is 2.33. The molecular weight excluding hydrogens is 172 g/mol. The van der Waals surface area contributed by atoms with E-state index in [0.29, 0.717) is 0 Å². The van der Waals surface area contributed by atoms with Crippen LogP contribution >= 0.6 is 11.8 Å². The van der Waals surface area contributed by atoms with Crippen LogP contribution in [0.15, 0.2) is 23.6 Å². The lowest BCUT2D eigenvalue weighted by molar-refractivity contribution is 0.160. The molecule has 1 rings (SSSR count). The van der Waals surface area contributed by atoms with Gasteiger partial charge in [0.05, 0.1) is 11.6 Å². The molecule has 1 aromatic heterocycles. The molecule has 0 fully saturated rings. The van der Waals surface area contributed by atoms with Crippen LogP contribution in [-0.4, -0.2) is 22.3 Å². The Morgan fingerprint density at radius 2 is 2.50 bits per heavy atom. The molecule has 1 aromatic rings. The molecule has 0 saturated carbocycles. The number of rotatable bonds is 4. The van der Waals surface area contributed by atoms with Crippen LogP contribution < -0.4 is 0 Å². The van der Waals surface area contributed by atoms with Gasteiger partial charge in [0.1, 0.15) is 6.33 Å². The third-order valence-electron chi connectivity index (χ3n) is 1.36. The second kappa shape index (κ2) is 5.11. The largest absolute Gasteiger partial charge is 0.245 e. The van der Waals surface area contributed by atoms with Gasteiger partial charge in [-0.1, -0.05) is 6.92 Å². The fraction of sp³-hybridized carbons (Fsp3) is 0.500. The Kier molecular flexibility index (Phi) is 4.04. The molecule has 0 spiro atoms. The van der Waals surface area contributed by atoms with E-state index in [-0.39, 0.29) is 12.5 Å². The topological polar surface area (TPSA) is 45.7 Å². The van der Waals surface area contributed by atoms with Gasteiger partial charge in [0.25, 0.3) is 0 Å². The molecule has 0 saturated heterocycles. The fourth-order valence-corrected chi connectivity index (χ4v) is 1.47. The maximum atomic E-state index is 10.4. The van der Waals surface area contributed by atoms with E-state index in [1.54, 1.807) is 18.0 Å². The van der Waals surface area contributed by atoms with Crippen molar-refractivity contribution in [3.63, 3.8) is 0 Å². The van der Waals surface area contributed by atoms with E-state index in [1.807, 2.05) is 13.0 Å². The van der Waals surface area contributed by atoms with Crippen molar-refractivity contribution in [1.29, 1.82) is 0 Å². The first-order valence-electron chi connectivity index (χ1n) is 3.80. The molecule has 0 aliphatic heterocycles. The average Bonchev–Trinajstić information content (AvgIpc) is 2.16. The number of nitrogens with zero attached hydrogens (tertiary/aromatic N) is 2. The maximum absolute atomic E-state index is 10.4. The van der Waals surface area contributed by atoms with Crippen molar-refractivity contribution in [2.45, 2.75) is 11.9 Å². The summed E-state index contributed by atoms with van der Waals surface area (Å²) in [5, 5.41) is 11.3. The molecule has 0 bridgehead atoms. The lowest BCUT2D eigenvalue weighted by atomic mass is 10.2. The summed E-state index contributed by atoms with van der Waals surface area (Å²) in [4.78, 5) is 7.84. The molecular formula is C8H11N2OS. The molecule has 4 heteroatoms. The van der Waals surface area contributed by atoms with E-state index in [1.165, 1.54) is 6.33 Å². The van der Waals surface area contributed by atoms with Gasteiger partial charge in [0.2, 0.25) is 0 Å². The highest BCUT2D eigenvalue weighted by Gasteiger charge is 2.01. The minimum Gasteiger partial charge on any atom is -0.245 e.